The summed E-state index contributed by atoms with van der Waals surface area (Å²) < 4.78 is 2.13. The van der Waals surface area contributed by atoms with Crippen LogP contribution in [0.15, 0.2) is 91.4 Å². The molecule has 0 saturated carbocycles. The van der Waals surface area contributed by atoms with Crippen LogP contribution in [0.3, 0.4) is 0 Å². The summed E-state index contributed by atoms with van der Waals surface area (Å²) in [6.45, 7) is 3.51. The van der Waals surface area contributed by atoms with Crippen molar-refractivity contribution < 1.29 is 0 Å². The Kier molecular flexibility index (Phi) is 5.80. The first kappa shape index (κ1) is 22.0. The van der Waals surface area contributed by atoms with Gasteiger partial charge in [-0.05, 0) is 48.0 Å². The van der Waals surface area contributed by atoms with Gasteiger partial charge in [0.2, 0.25) is 0 Å². The molecule has 0 unspecified atom stereocenters. The van der Waals surface area contributed by atoms with Crippen LogP contribution in [-0.4, -0.2) is 40.7 Å². The van der Waals surface area contributed by atoms with Crippen molar-refractivity contribution in [2.75, 3.05) is 36.0 Å². The van der Waals surface area contributed by atoms with Gasteiger partial charge in [-0.15, -0.1) is 0 Å². The van der Waals surface area contributed by atoms with E-state index in [2.05, 4.69) is 50.9 Å². The lowest BCUT2D eigenvalue weighted by molar-refractivity contribution is 0.649. The molecule has 0 bridgehead atoms. The Labute approximate surface area is 214 Å². The van der Waals surface area contributed by atoms with E-state index in [9.17, 15) is 0 Å². The van der Waals surface area contributed by atoms with Gasteiger partial charge in [0.05, 0.1) is 5.39 Å². The maximum Gasteiger partial charge on any atom is 0.150 e. The van der Waals surface area contributed by atoms with Crippen molar-refractivity contribution in [1.29, 1.82) is 0 Å². The number of halogens is 2. The number of aromatic nitrogens is 3. The SMILES string of the molecule is Clc1ccc(-n2cc(-c3ccccc3)c3c(N4CCN(c5cccc(Cl)c5)CC4)ncnc32)cc1. The molecule has 2 aromatic heterocycles. The summed E-state index contributed by atoms with van der Waals surface area (Å²) in [5, 5.41) is 2.53. The van der Waals surface area contributed by atoms with E-state index in [0.717, 1.165) is 70.6 Å². The fraction of sp³-hybridized carbons (Fsp3) is 0.143. The zero-order valence-electron chi connectivity index (χ0n) is 19.0. The molecule has 0 atom stereocenters. The summed E-state index contributed by atoms with van der Waals surface area (Å²) >= 11 is 12.4. The molecule has 5 nitrogen and oxygen atoms in total. The molecule has 3 heterocycles. The summed E-state index contributed by atoms with van der Waals surface area (Å²) in [6, 6.07) is 26.3. The first-order chi connectivity index (χ1) is 17.2. The number of piperazine rings is 1. The van der Waals surface area contributed by atoms with Gasteiger partial charge in [-0.25, -0.2) is 9.97 Å². The summed E-state index contributed by atoms with van der Waals surface area (Å²) in [6.07, 6.45) is 3.83. The van der Waals surface area contributed by atoms with E-state index in [0.29, 0.717) is 5.02 Å². The third kappa shape index (κ3) is 4.22. The lowest BCUT2D eigenvalue weighted by Crippen LogP contribution is -2.46. The zero-order chi connectivity index (χ0) is 23.8. The van der Waals surface area contributed by atoms with Gasteiger partial charge in [-0.2, -0.15) is 0 Å². The Bertz CT molecular complexity index is 1470. The Morgan fingerprint density at radius 1 is 0.657 bits per heavy atom. The highest BCUT2D eigenvalue weighted by Gasteiger charge is 2.24. The molecule has 0 N–H and O–H groups in total. The van der Waals surface area contributed by atoms with Crippen LogP contribution in [0.1, 0.15) is 0 Å². The van der Waals surface area contributed by atoms with Gasteiger partial charge >= 0.3 is 0 Å². The van der Waals surface area contributed by atoms with E-state index in [1.165, 1.54) is 0 Å². The average Bonchev–Trinajstić information content (AvgIpc) is 3.30. The molecule has 174 valence electrons. The summed E-state index contributed by atoms with van der Waals surface area (Å²) in [7, 11) is 0. The normalized spacial score (nSPS) is 14.0. The van der Waals surface area contributed by atoms with Gasteiger partial charge in [0.15, 0.2) is 5.65 Å². The molecule has 1 saturated heterocycles. The minimum Gasteiger partial charge on any atom is -0.368 e. The van der Waals surface area contributed by atoms with Crippen LogP contribution in [-0.2, 0) is 0 Å². The van der Waals surface area contributed by atoms with Gasteiger partial charge in [-0.1, -0.05) is 59.6 Å². The Hall–Kier alpha value is -3.54. The van der Waals surface area contributed by atoms with E-state index in [4.69, 9.17) is 33.2 Å². The zero-order valence-corrected chi connectivity index (χ0v) is 20.5. The van der Waals surface area contributed by atoms with Crippen molar-refractivity contribution >= 4 is 45.7 Å². The van der Waals surface area contributed by atoms with Crippen LogP contribution in [0.2, 0.25) is 10.0 Å². The molecule has 0 spiro atoms. The van der Waals surface area contributed by atoms with Crippen molar-refractivity contribution in [3.63, 3.8) is 0 Å². The maximum absolute atomic E-state index is 6.23. The summed E-state index contributed by atoms with van der Waals surface area (Å²) in [4.78, 5) is 14.2. The smallest absolute Gasteiger partial charge is 0.150 e. The Balaban J connectivity index is 1.42. The molecule has 0 amide bonds. The minimum atomic E-state index is 0.710. The van der Waals surface area contributed by atoms with Gasteiger partial charge < -0.3 is 14.4 Å². The Morgan fingerprint density at radius 3 is 2.14 bits per heavy atom. The highest BCUT2D eigenvalue weighted by atomic mass is 35.5. The molecule has 1 fully saturated rings. The second-order valence-corrected chi connectivity index (χ2v) is 9.48. The standard InChI is InChI=1S/C28H23Cl2N5/c29-21-9-11-23(12-10-21)35-18-25(20-5-2-1-3-6-20)26-27(31-19-32-28(26)35)34-15-13-33(14-16-34)24-8-4-7-22(30)17-24/h1-12,17-19H,13-16H2. The average molecular weight is 500 g/mol. The molecule has 7 heteroatoms. The van der Waals surface area contributed by atoms with E-state index in [-0.39, 0.29) is 0 Å². The molecule has 1 aliphatic heterocycles. The van der Waals surface area contributed by atoms with Crippen LogP contribution < -0.4 is 9.80 Å². The van der Waals surface area contributed by atoms with E-state index < -0.39 is 0 Å². The van der Waals surface area contributed by atoms with Gasteiger partial charge in [-0.3, -0.25) is 0 Å². The molecular weight excluding hydrogens is 477 g/mol. The highest BCUT2D eigenvalue weighted by molar-refractivity contribution is 6.31. The molecule has 1 aliphatic rings. The van der Waals surface area contributed by atoms with Crippen molar-refractivity contribution in [3.05, 3.63) is 101 Å². The van der Waals surface area contributed by atoms with E-state index in [1.807, 2.05) is 48.5 Å². The largest absolute Gasteiger partial charge is 0.368 e. The number of hydrogen-bond donors (Lipinski definition) is 0. The van der Waals surface area contributed by atoms with Crippen LogP contribution in [0, 0.1) is 0 Å². The quantitative estimate of drug-likeness (QED) is 0.275. The van der Waals surface area contributed by atoms with Crippen molar-refractivity contribution in [3.8, 4) is 16.8 Å². The maximum atomic E-state index is 6.23. The Morgan fingerprint density at radius 2 is 1.40 bits per heavy atom. The molecule has 3 aromatic carbocycles. The van der Waals surface area contributed by atoms with Crippen LogP contribution in [0.25, 0.3) is 27.8 Å². The summed E-state index contributed by atoms with van der Waals surface area (Å²) in [5.74, 6) is 0.965. The van der Waals surface area contributed by atoms with Gasteiger partial charge in [0.25, 0.3) is 0 Å². The minimum absolute atomic E-state index is 0.710. The molecule has 35 heavy (non-hydrogen) atoms. The van der Waals surface area contributed by atoms with Crippen LogP contribution in [0.4, 0.5) is 11.5 Å². The molecule has 0 radical (unpaired) electrons. The molecule has 6 rings (SSSR count). The highest BCUT2D eigenvalue weighted by Crippen LogP contribution is 2.37. The second kappa shape index (κ2) is 9.25. The number of rotatable bonds is 4. The van der Waals surface area contributed by atoms with E-state index >= 15 is 0 Å². The lowest BCUT2D eigenvalue weighted by Gasteiger charge is -2.37. The number of fused-ring (bicyclic) bond motifs is 1. The number of anilines is 2. The predicted molar refractivity (Wildman–Crippen MR) is 145 cm³/mol. The number of hydrogen-bond acceptors (Lipinski definition) is 4. The summed E-state index contributed by atoms with van der Waals surface area (Å²) in [5.41, 5.74) is 5.30. The predicted octanol–water partition coefficient (Wildman–Crippen LogP) is 6.72. The fourth-order valence-corrected chi connectivity index (χ4v) is 5.08. The number of nitrogens with zero attached hydrogens (tertiary/aromatic N) is 5. The van der Waals surface area contributed by atoms with Crippen LogP contribution >= 0.6 is 23.2 Å². The topological polar surface area (TPSA) is 37.2 Å². The van der Waals surface area contributed by atoms with Gasteiger partial charge in [0.1, 0.15) is 12.1 Å². The monoisotopic (exact) mass is 499 g/mol. The first-order valence-electron chi connectivity index (χ1n) is 11.6. The van der Waals surface area contributed by atoms with Crippen molar-refractivity contribution in [1.82, 2.24) is 14.5 Å². The van der Waals surface area contributed by atoms with Gasteiger partial charge in [0, 0.05) is 59.4 Å². The lowest BCUT2D eigenvalue weighted by atomic mass is 10.1. The van der Waals surface area contributed by atoms with Crippen molar-refractivity contribution in [2.45, 2.75) is 0 Å². The molecular formula is C28H23Cl2N5. The van der Waals surface area contributed by atoms with E-state index in [1.54, 1.807) is 6.33 Å². The van der Waals surface area contributed by atoms with Crippen molar-refractivity contribution in [2.24, 2.45) is 0 Å². The third-order valence-corrected chi connectivity index (χ3v) is 6.99. The van der Waals surface area contributed by atoms with Crippen LogP contribution in [0.5, 0.6) is 0 Å². The second-order valence-electron chi connectivity index (χ2n) is 8.61. The first-order valence-corrected chi connectivity index (χ1v) is 12.4. The third-order valence-electron chi connectivity index (χ3n) is 6.51. The number of benzene rings is 3. The molecule has 0 aliphatic carbocycles. The molecule has 5 aromatic rings. The fourth-order valence-electron chi connectivity index (χ4n) is 4.77.